The van der Waals surface area contributed by atoms with Gasteiger partial charge in [-0.15, -0.1) is 0 Å². The van der Waals surface area contributed by atoms with Crippen LogP contribution in [-0.4, -0.2) is 53.7 Å². The molecule has 0 spiro atoms. The first-order valence-corrected chi connectivity index (χ1v) is 10.7. The fourth-order valence-corrected chi connectivity index (χ4v) is 3.18. The largest absolute Gasteiger partial charge is 0.357 e. The van der Waals surface area contributed by atoms with Crippen LogP contribution < -0.4 is 10.6 Å². The first-order valence-electron chi connectivity index (χ1n) is 10.7. The quantitative estimate of drug-likeness (QED) is 0.445. The Balaban J connectivity index is 2.00. The lowest BCUT2D eigenvalue weighted by Crippen LogP contribution is -2.39. The minimum Gasteiger partial charge on any atom is -0.357 e. The first kappa shape index (κ1) is 22.9. The number of rotatable bonds is 11. The van der Waals surface area contributed by atoms with Gasteiger partial charge in [0.05, 0.1) is 12.6 Å². The molecule has 0 fully saturated rings. The highest BCUT2D eigenvalue weighted by Gasteiger charge is 2.17. The van der Waals surface area contributed by atoms with Gasteiger partial charge >= 0.3 is 0 Å². The van der Waals surface area contributed by atoms with Crippen molar-refractivity contribution in [1.82, 2.24) is 25.7 Å². The third-order valence-electron chi connectivity index (χ3n) is 4.84. The molecule has 0 saturated heterocycles. The summed E-state index contributed by atoms with van der Waals surface area (Å²) in [4.78, 5) is 11.7. The highest BCUT2D eigenvalue weighted by molar-refractivity contribution is 5.79. The average Bonchev–Trinajstić information content (AvgIpc) is 3.21. The summed E-state index contributed by atoms with van der Waals surface area (Å²) in [7, 11) is 0. The Morgan fingerprint density at radius 3 is 2.41 bits per heavy atom. The summed E-state index contributed by atoms with van der Waals surface area (Å²) < 4.78 is 5.32. The lowest BCUT2D eigenvalue weighted by atomic mass is 10.1. The van der Waals surface area contributed by atoms with Crippen LogP contribution in [-0.2, 0) is 6.42 Å². The van der Waals surface area contributed by atoms with E-state index < -0.39 is 0 Å². The van der Waals surface area contributed by atoms with Gasteiger partial charge in [0.15, 0.2) is 11.8 Å². The van der Waals surface area contributed by atoms with Crippen LogP contribution in [0.15, 0.2) is 39.8 Å². The molecule has 1 aromatic carbocycles. The number of likely N-dealkylation sites (N-methyl/N-ethyl adjacent to an activating group) is 1. The maximum Gasteiger partial charge on any atom is 0.228 e. The zero-order chi connectivity index (χ0) is 21.1. The summed E-state index contributed by atoms with van der Waals surface area (Å²) in [6, 6.07) is 10.9. The van der Waals surface area contributed by atoms with E-state index >= 15 is 0 Å². The van der Waals surface area contributed by atoms with Crippen molar-refractivity contribution in [1.29, 1.82) is 0 Å². The van der Waals surface area contributed by atoms with Gasteiger partial charge in [-0.1, -0.05) is 63.2 Å². The second-order valence-electron chi connectivity index (χ2n) is 7.25. The van der Waals surface area contributed by atoms with Crippen LogP contribution in [0.4, 0.5) is 0 Å². The number of benzene rings is 1. The van der Waals surface area contributed by atoms with Crippen LogP contribution in [0.2, 0.25) is 0 Å². The zero-order valence-electron chi connectivity index (χ0n) is 18.5. The van der Waals surface area contributed by atoms with Gasteiger partial charge in [-0.2, -0.15) is 4.98 Å². The van der Waals surface area contributed by atoms with Gasteiger partial charge in [0.1, 0.15) is 0 Å². The molecule has 1 atom stereocenters. The van der Waals surface area contributed by atoms with Crippen molar-refractivity contribution >= 4 is 5.96 Å². The second kappa shape index (κ2) is 12.2. The molecule has 2 aromatic rings. The van der Waals surface area contributed by atoms with E-state index in [1.165, 1.54) is 5.56 Å². The fourth-order valence-electron chi connectivity index (χ4n) is 3.18. The summed E-state index contributed by atoms with van der Waals surface area (Å²) in [6.07, 6.45) is 0.669. The van der Waals surface area contributed by atoms with E-state index in [0.29, 0.717) is 25.4 Å². The van der Waals surface area contributed by atoms with Gasteiger partial charge in [0, 0.05) is 25.4 Å². The summed E-state index contributed by atoms with van der Waals surface area (Å²) in [6.45, 7) is 14.8. The molecule has 7 heteroatoms. The number of guanidine groups is 1. The lowest BCUT2D eigenvalue weighted by molar-refractivity contribution is 0.224. The number of nitrogens with one attached hydrogen (secondary N) is 2. The van der Waals surface area contributed by atoms with Crippen LogP contribution in [0.1, 0.15) is 63.9 Å². The minimum absolute atomic E-state index is 0.256. The molecule has 0 aliphatic rings. The van der Waals surface area contributed by atoms with Crippen LogP contribution >= 0.6 is 0 Å². The van der Waals surface area contributed by atoms with Crippen molar-refractivity contribution in [2.45, 2.75) is 53.0 Å². The summed E-state index contributed by atoms with van der Waals surface area (Å²) in [5.41, 5.74) is 1.29. The van der Waals surface area contributed by atoms with Crippen molar-refractivity contribution in [3.8, 4) is 0 Å². The Morgan fingerprint density at radius 1 is 1.10 bits per heavy atom. The standard InChI is InChI=1S/C22H36N6O/c1-6-23-22(24-15-14-20-26-21(17(4)5)27-29-20)25-16-19(28(7-2)8-3)18-12-10-9-11-13-18/h9-13,17,19H,6-8,14-16H2,1-5H3,(H2,23,24,25). The highest BCUT2D eigenvalue weighted by Crippen LogP contribution is 2.20. The van der Waals surface area contributed by atoms with Crippen LogP contribution in [0.3, 0.4) is 0 Å². The zero-order valence-corrected chi connectivity index (χ0v) is 18.5. The predicted octanol–water partition coefficient (Wildman–Crippen LogP) is 3.37. The molecule has 0 saturated carbocycles. The van der Waals surface area contributed by atoms with Gasteiger partial charge in [-0.25, -0.2) is 0 Å². The van der Waals surface area contributed by atoms with Crippen molar-refractivity contribution in [3.63, 3.8) is 0 Å². The molecule has 160 valence electrons. The molecular formula is C22H36N6O. The van der Waals surface area contributed by atoms with Gasteiger partial charge < -0.3 is 15.2 Å². The Kier molecular flexibility index (Phi) is 9.64. The van der Waals surface area contributed by atoms with Gasteiger partial charge in [-0.05, 0) is 25.6 Å². The Morgan fingerprint density at radius 2 is 1.83 bits per heavy atom. The van der Waals surface area contributed by atoms with Crippen molar-refractivity contribution in [2.75, 3.05) is 32.7 Å². The fraction of sp³-hybridized carbons (Fsp3) is 0.591. The smallest absolute Gasteiger partial charge is 0.228 e. The van der Waals surface area contributed by atoms with Crippen LogP contribution in [0.25, 0.3) is 0 Å². The van der Waals surface area contributed by atoms with Crippen molar-refractivity contribution in [3.05, 3.63) is 47.6 Å². The SMILES string of the molecule is CCNC(=NCC(c1ccccc1)N(CC)CC)NCCc1nc(C(C)C)no1. The Labute approximate surface area is 175 Å². The molecule has 0 aliphatic carbocycles. The molecule has 2 rings (SSSR count). The molecule has 1 heterocycles. The summed E-state index contributed by atoms with van der Waals surface area (Å²) in [5.74, 6) is 2.49. The maximum atomic E-state index is 5.32. The number of hydrogen-bond acceptors (Lipinski definition) is 5. The molecule has 1 unspecified atom stereocenters. The van der Waals surface area contributed by atoms with Crippen LogP contribution in [0.5, 0.6) is 0 Å². The molecule has 1 aromatic heterocycles. The maximum absolute atomic E-state index is 5.32. The Bertz CT molecular complexity index is 724. The van der Waals surface area contributed by atoms with E-state index in [4.69, 9.17) is 9.52 Å². The van der Waals surface area contributed by atoms with E-state index in [2.05, 4.69) is 90.6 Å². The van der Waals surface area contributed by atoms with Gasteiger partial charge in [0.25, 0.3) is 0 Å². The van der Waals surface area contributed by atoms with E-state index in [0.717, 1.165) is 31.4 Å². The average molecular weight is 401 g/mol. The molecule has 0 amide bonds. The Hall–Kier alpha value is -2.41. The van der Waals surface area contributed by atoms with Crippen molar-refractivity contribution < 1.29 is 4.52 Å². The minimum atomic E-state index is 0.256. The topological polar surface area (TPSA) is 78.6 Å². The molecule has 7 nitrogen and oxygen atoms in total. The van der Waals surface area contributed by atoms with E-state index in [1.54, 1.807) is 0 Å². The summed E-state index contributed by atoms with van der Waals surface area (Å²) >= 11 is 0. The second-order valence-corrected chi connectivity index (χ2v) is 7.25. The number of aliphatic imine (C=N–C) groups is 1. The monoisotopic (exact) mass is 400 g/mol. The number of aromatic nitrogens is 2. The molecule has 0 bridgehead atoms. The third-order valence-corrected chi connectivity index (χ3v) is 4.84. The summed E-state index contributed by atoms with van der Waals surface area (Å²) in [5, 5.41) is 10.7. The molecule has 0 radical (unpaired) electrons. The highest BCUT2D eigenvalue weighted by atomic mass is 16.5. The number of hydrogen-bond donors (Lipinski definition) is 2. The molecule has 29 heavy (non-hydrogen) atoms. The predicted molar refractivity (Wildman–Crippen MR) is 118 cm³/mol. The number of nitrogens with zero attached hydrogens (tertiary/aromatic N) is 4. The molecular weight excluding hydrogens is 364 g/mol. The van der Waals surface area contributed by atoms with E-state index in [-0.39, 0.29) is 12.0 Å². The molecule has 0 aliphatic heterocycles. The lowest BCUT2D eigenvalue weighted by Gasteiger charge is -2.29. The van der Waals surface area contributed by atoms with Gasteiger partial charge in [-0.3, -0.25) is 9.89 Å². The first-order chi connectivity index (χ1) is 14.1. The molecule has 2 N–H and O–H groups in total. The van der Waals surface area contributed by atoms with Crippen LogP contribution in [0, 0.1) is 0 Å². The van der Waals surface area contributed by atoms with E-state index in [9.17, 15) is 0 Å². The van der Waals surface area contributed by atoms with E-state index in [1.807, 2.05) is 0 Å². The van der Waals surface area contributed by atoms with Crippen molar-refractivity contribution in [2.24, 2.45) is 4.99 Å². The normalized spacial score (nSPS) is 13.1. The third kappa shape index (κ3) is 7.16. The van der Waals surface area contributed by atoms with Gasteiger partial charge in [0.2, 0.25) is 5.89 Å².